The van der Waals surface area contributed by atoms with Crippen molar-refractivity contribution < 1.29 is 13.6 Å². The predicted octanol–water partition coefficient (Wildman–Crippen LogP) is 3.17. The highest BCUT2D eigenvalue weighted by atomic mass is 19.1. The molecule has 1 aliphatic heterocycles. The van der Waals surface area contributed by atoms with Crippen LogP contribution in [-0.2, 0) is 0 Å². The van der Waals surface area contributed by atoms with E-state index in [0.717, 1.165) is 38.1 Å². The average Bonchev–Trinajstić information content (AvgIpc) is 2.39. The third-order valence-corrected chi connectivity index (χ3v) is 3.88. The van der Waals surface area contributed by atoms with Crippen LogP contribution in [0.25, 0.3) is 0 Å². The van der Waals surface area contributed by atoms with Gasteiger partial charge in [0.1, 0.15) is 11.6 Å². The van der Waals surface area contributed by atoms with Crippen LogP contribution in [0.5, 0.6) is 0 Å². The lowest BCUT2D eigenvalue weighted by atomic mass is 9.83. The topological polar surface area (TPSA) is 29.1 Å². The van der Waals surface area contributed by atoms with Crippen molar-refractivity contribution >= 4 is 5.78 Å². The van der Waals surface area contributed by atoms with Gasteiger partial charge in [-0.25, -0.2) is 8.78 Å². The number of hydrogen-bond donors (Lipinski definition) is 1. The van der Waals surface area contributed by atoms with E-state index in [0.29, 0.717) is 12.3 Å². The van der Waals surface area contributed by atoms with Gasteiger partial charge in [-0.15, -0.1) is 0 Å². The Kier molecular flexibility index (Phi) is 4.64. The van der Waals surface area contributed by atoms with Crippen molar-refractivity contribution in [2.45, 2.75) is 26.2 Å². The first kappa shape index (κ1) is 14.1. The summed E-state index contributed by atoms with van der Waals surface area (Å²) in [7, 11) is 0. The molecular formula is C15H19F2NO. The summed E-state index contributed by atoms with van der Waals surface area (Å²) < 4.78 is 26.3. The largest absolute Gasteiger partial charge is 0.316 e. The van der Waals surface area contributed by atoms with Crippen molar-refractivity contribution in [3.8, 4) is 0 Å². The van der Waals surface area contributed by atoms with E-state index in [9.17, 15) is 13.6 Å². The van der Waals surface area contributed by atoms with Crippen molar-refractivity contribution in [1.29, 1.82) is 0 Å². The molecule has 1 aliphatic rings. The van der Waals surface area contributed by atoms with Gasteiger partial charge in [-0.05, 0) is 49.9 Å². The Bertz CT molecular complexity index is 455. The molecule has 4 heteroatoms. The highest BCUT2D eigenvalue weighted by Gasteiger charge is 2.23. The van der Waals surface area contributed by atoms with Crippen LogP contribution >= 0.6 is 0 Å². The zero-order valence-electron chi connectivity index (χ0n) is 11.1. The molecule has 2 atom stereocenters. The summed E-state index contributed by atoms with van der Waals surface area (Å²) >= 11 is 0. The molecule has 19 heavy (non-hydrogen) atoms. The number of ketones is 1. The minimum Gasteiger partial charge on any atom is -0.316 e. The van der Waals surface area contributed by atoms with E-state index >= 15 is 0 Å². The molecule has 0 spiro atoms. The fraction of sp³-hybridized carbons (Fsp3) is 0.533. The molecule has 0 bridgehead atoms. The molecule has 2 rings (SSSR count). The summed E-state index contributed by atoms with van der Waals surface area (Å²) in [5, 5.41) is 3.31. The minimum absolute atomic E-state index is 0.00276. The summed E-state index contributed by atoms with van der Waals surface area (Å²) in [6.07, 6.45) is 2.54. The maximum absolute atomic E-state index is 13.5. The van der Waals surface area contributed by atoms with Crippen LogP contribution in [-0.4, -0.2) is 18.9 Å². The van der Waals surface area contributed by atoms with Crippen LogP contribution in [0.3, 0.4) is 0 Å². The summed E-state index contributed by atoms with van der Waals surface area (Å²) in [6, 6.07) is 3.13. The van der Waals surface area contributed by atoms with Crippen molar-refractivity contribution in [3.63, 3.8) is 0 Å². The van der Waals surface area contributed by atoms with E-state index < -0.39 is 11.6 Å². The van der Waals surface area contributed by atoms with Crippen LogP contribution in [0.1, 0.15) is 36.5 Å². The molecule has 1 aromatic carbocycles. The number of Topliss-reactive ketones (excluding diaryl/α,β-unsaturated/α-hetero) is 1. The second-order valence-electron chi connectivity index (χ2n) is 5.34. The van der Waals surface area contributed by atoms with Crippen LogP contribution < -0.4 is 5.32 Å². The number of carbonyl (C=O) groups is 1. The highest BCUT2D eigenvalue weighted by Crippen LogP contribution is 2.24. The van der Waals surface area contributed by atoms with Crippen LogP contribution in [0, 0.1) is 23.5 Å². The minimum atomic E-state index is -0.765. The summed E-state index contributed by atoms with van der Waals surface area (Å²) in [5.74, 6) is -0.987. The lowest BCUT2D eigenvalue weighted by molar-refractivity contribution is 0.0939. The number of halogens is 2. The number of carbonyl (C=O) groups excluding carboxylic acids is 1. The van der Waals surface area contributed by atoms with Gasteiger partial charge in [0.15, 0.2) is 5.78 Å². The Labute approximate surface area is 112 Å². The fourth-order valence-corrected chi connectivity index (χ4v) is 2.65. The Hall–Kier alpha value is -1.29. The number of rotatable bonds is 4. The second kappa shape index (κ2) is 6.24. The number of benzene rings is 1. The monoisotopic (exact) mass is 267 g/mol. The van der Waals surface area contributed by atoms with E-state index in [4.69, 9.17) is 0 Å². The molecule has 1 aromatic rings. The maximum Gasteiger partial charge on any atom is 0.166 e. The molecular weight excluding hydrogens is 248 g/mol. The molecule has 2 nitrogen and oxygen atoms in total. The maximum atomic E-state index is 13.5. The predicted molar refractivity (Wildman–Crippen MR) is 70.1 cm³/mol. The molecule has 2 unspecified atom stereocenters. The zero-order valence-corrected chi connectivity index (χ0v) is 11.1. The summed E-state index contributed by atoms with van der Waals surface area (Å²) in [6.45, 7) is 3.97. The SMILES string of the molecule is CC(CC(=O)c1ccc(F)cc1F)C1CCCNC1. The molecule has 0 radical (unpaired) electrons. The van der Waals surface area contributed by atoms with Crippen molar-refractivity contribution in [2.75, 3.05) is 13.1 Å². The van der Waals surface area contributed by atoms with Gasteiger partial charge in [0.05, 0.1) is 5.56 Å². The van der Waals surface area contributed by atoms with Crippen molar-refractivity contribution in [2.24, 2.45) is 11.8 Å². The molecule has 1 fully saturated rings. The molecule has 0 aromatic heterocycles. The number of piperidine rings is 1. The molecule has 104 valence electrons. The molecule has 0 aliphatic carbocycles. The van der Waals surface area contributed by atoms with Crippen LogP contribution in [0.4, 0.5) is 8.78 Å². The van der Waals surface area contributed by atoms with E-state index in [2.05, 4.69) is 5.32 Å². The third-order valence-electron chi connectivity index (χ3n) is 3.88. The Morgan fingerprint density at radius 2 is 2.26 bits per heavy atom. The standard InChI is InChI=1S/C15H19F2NO/c1-10(11-3-2-6-18-9-11)7-15(19)13-5-4-12(16)8-14(13)17/h4-5,8,10-11,18H,2-3,6-7,9H2,1H3. The first-order chi connectivity index (χ1) is 9.08. The van der Waals surface area contributed by atoms with E-state index in [-0.39, 0.29) is 17.3 Å². The smallest absolute Gasteiger partial charge is 0.166 e. The molecule has 0 amide bonds. The lowest BCUT2D eigenvalue weighted by Gasteiger charge is -2.28. The lowest BCUT2D eigenvalue weighted by Crippen LogP contribution is -2.34. The highest BCUT2D eigenvalue weighted by molar-refractivity contribution is 5.96. The zero-order chi connectivity index (χ0) is 13.8. The van der Waals surface area contributed by atoms with Gasteiger partial charge in [-0.2, -0.15) is 0 Å². The van der Waals surface area contributed by atoms with Crippen molar-refractivity contribution in [1.82, 2.24) is 5.32 Å². The van der Waals surface area contributed by atoms with Gasteiger partial charge in [0, 0.05) is 12.5 Å². The number of hydrogen-bond acceptors (Lipinski definition) is 2. The Balaban J connectivity index is 1.99. The molecule has 1 saturated heterocycles. The van der Waals surface area contributed by atoms with Gasteiger partial charge < -0.3 is 5.32 Å². The van der Waals surface area contributed by atoms with Gasteiger partial charge in [-0.1, -0.05) is 6.92 Å². The van der Waals surface area contributed by atoms with Crippen LogP contribution in [0.2, 0.25) is 0 Å². The summed E-state index contributed by atoms with van der Waals surface area (Å²) in [5.41, 5.74) is -0.00276. The van der Waals surface area contributed by atoms with Gasteiger partial charge >= 0.3 is 0 Å². The molecule has 0 saturated carbocycles. The van der Waals surface area contributed by atoms with Gasteiger partial charge in [0.25, 0.3) is 0 Å². The normalized spacial score (nSPS) is 21.1. The van der Waals surface area contributed by atoms with Gasteiger partial charge in [-0.3, -0.25) is 4.79 Å². The van der Waals surface area contributed by atoms with E-state index in [1.807, 2.05) is 6.92 Å². The average molecular weight is 267 g/mol. The fourth-order valence-electron chi connectivity index (χ4n) is 2.65. The summed E-state index contributed by atoms with van der Waals surface area (Å²) in [4.78, 5) is 12.0. The Morgan fingerprint density at radius 1 is 1.47 bits per heavy atom. The third kappa shape index (κ3) is 3.60. The van der Waals surface area contributed by atoms with Gasteiger partial charge in [0.2, 0.25) is 0 Å². The first-order valence-electron chi connectivity index (χ1n) is 6.77. The van der Waals surface area contributed by atoms with Crippen molar-refractivity contribution in [3.05, 3.63) is 35.4 Å². The van der Waals surface area contributed by atoms with E-state index in [1.165, 1.54) is 6.07 Å². The van der Waals surface area contributed by atoms with Crippen LogP contribution in [0.15, 0.2) is 18.2 Å². The van der Waals surface area contributed by atoms with E-state index in [1.54, 1.807) is 0 Å². The molecule has 1 heterocycles. The Morgan fingerprint density at radius 3 is 2.89 bits per heavy atom. The second-order valence-corrected chi connectivity index (χ2v) is 5.34. The first-order valence-corrected chi connectivity index (χ1v) is 6.77. The number of nitrogens with one attached hydrogen (secondary N) is 1. The molecule has 1 N–H and O–H groups in total. The quantitative estimate of drug-likeness (QED) is 0.849.